The molecule has 0 unspecified atom stereocenters. The lowest BCUT2D eigenvalue weighted by molar-refractivity contribution is -0.148. The van der Waals surface area contributed by atoms with Crippen molar-refractivity contribution in [3.8, 4) is 0 Å². The van der Waals surface area contributed by atoms with Gasteiger partial charge in [-0.3, -0.25) is 4.79 Å². The summed E-state index contributed by atoms with van der Waals surface area (Å²) in [6.07, 6.45) is 0.969. The molecule has 0 aliphatic rings. The molecule has 0 fully saturated rings. The fraction of sp³-hybridized carbons (Fsp3) is 0.200. The van der Waals surface area contributed by atoms with E-state index in [9.17, 15) is 9.59 Å². The molecule has 4 heteroatoms. The van der Waals surface area contributed by atoms with Crippen molar-refractivity contribution < 1.29 is 19.1 Å². The molecule has 9 heavy (non-hydrogen) atoms. The Morgan fingerprint density at radius 2 is 2.33 bits per heavy atom. The molecule has 0 amide bonds. The minimum atomic E-state index is -0.642. The number of ether oxygens (including phenoxy) is 2. The van der Waals surface area contributed by atoms with Gasteiger partial charge in [0.2, 0.25) is 0 Å². The van der Waals surface area contributed by atoms with Crippen LogP contribution in [0.4, 0.5) is 0 Å². The van der Waals surface area contributed by atoms with E-state index in [1.54, 1.807) is 0 Å². The molecule has 0 aromatic rings. The van der Waals surface area contributed by atoms with Crippen molar-refractivity contribution in [3.63, 3.8) is 0 Å². The van der Waals surface area contributed by atoms with E-state index in [0.717, 1.165) is 6.26 Å². The first-order valence-corrected chi connectivity index (χ1v) is 2.17. The Kier molecular flexibility index (Phi) is 4.12. The van der Waals surface area contributed by atoms with Crippen LogP contribution in [0.1, 0.15) is 0 Å². The van der Waals surface area contributed by atoms with Crippen LogP contribution in [0.5, 0.6) is 0 Å². The predicted molar refractivity (Wildman–Crippen MR) is 28.3 cm³/mol. The second-order valence-electron chi connectivity index (χ2n) is 1.06. The molecular formula is C5H6O4. The van der Waals surface area contributed by atoms with Gasteiger partial charge in [-0.25, -0.2) is 4.79 Å². The maximum atomic E-state index is 10.2. The van der Waals surface area contributed by atoms with Gasteiger partial charge >= 0.3 is 5.97 Å². The maximum Gasteiger partial charge on any atom is 0.349 e. The number of hydrogen-bond acceptors (Lipinski definition) is 4. The lowest BCUT2D eigenvalue weighted by Gasteiger charge is -1.94. The lowest BCUT2D eigenvalue weighted by Crippen LogP contribution is -2.08. The third kappa shape index (κ3) is 4.53. The third-order valence-electron chi connectivity index (χ3n) is 0.484. The molecule has 4 nitrogen and oxygen atoms in total. The fourth-order valence-electron chi connectivity index (χ4n) is 0.229. The minimum absolute atomic E-state index is 0.171. The minimum Gasteiger partial charge on any atom is -0.456 e. The molecule has 0 atom stereocenters. The lowest BCUT2D eigenvalue weighted by atomic mass is 10.7. The quantitative estimate of drug-likeness (QED) is 0.301. The van der Waals surface area contributed by atoms with Crippen molar-refractivity contribution >= 4 is 12.4 Å². The molecule has 0 spiro atoms. The normalized spacial score (nSPS) is 7.56. The topological polar surface area (TPSA) is 52.6 Å². The SMILES string of the molecule is C=COC(=O)COC=O. The Hall–Kier alpha value is -1.32. The van der Waals surface area contributed by atoms with E-state index >= 15 is 0 Å². The largest absolute Gasteiger partial charge is 0.456 e. The van der Waals surface area contributed by atoms with Crippen LogP contribution in [-0.2, 0) is 19.1 Å². The van der Waals surface area contributed by atoms with Crippen LogP contribution in [0.2, 0.25) is 0 Å². The number of carbonyl (C=O) groups excluding carboxylic acids is 2. The molecule has 0 aromatic heterocycles. The summed E-state index contributed by atoms with van der Waals surface area (Å²) in [6.45, 7) is 2.93. The Balaban J connectivity index is 3.26. The van der Waals surface area contributed by atoms with Gasteiger partial charge in [0, 0.05) is 0 Å². The Labute approximate surface area is 52.1 Å². The van der Waals surface area contributed by atoms with Crippen LogP contribution < -0.4 is 0 Å². The van der Waals surface area contributed by atoms with Crippen LogP contribution in [-0.4, -0.2) is 19.0 Å². The second kappa shape index (κ2) is 4.83. The van der Waals surface area contributed by atoms with E-state index in [0.29, 0.717) is 0 Å². The van der Waals surface area contributed by atoms with Gasteiger partial charge < -0.3 is 9.47 Å². The molecule has 0 rings (SSSR count). The number of esters is 1. The number of carbonyl (C=O) groups is 2. The van der Waals surface area contributed by atoms with Crippen molar-refractivity contribution in [3.05, 3.63) is 12.8 Å². The van der Waals surface area contributed by atoms with Crippen LogP contribution in [0.3, 0.4) is 0 Å². The average Bonchev–Trinajstić information content (AvgIpc) is 1.85. The summed E-state index contributed by atoms with van der Waals surface area (Å²) in [5.74, 6) is -0.642. The summed E-state index contributed by atoms with van der Waals surface area (Å²) >= 11 is 0. The summed E-state index contributed by atoms with van der Waals surface area (Å²) in [7, 11) is 0. The summed E-state index contributed by atoms with van der Waals surface area (Å²) in [5.41, 5.74) is 0. The second-order valence-corrected chi connectivity index (χ2v) is 1.06. The highest BCUT2D eigenvalue weighted by Crippen LogP contribution is 1.77. The highest BCUT2D eigenvalue weighted by atomic mass is 16.6. The van der Waals surface area contributed by atoms with Gasteiger partial charge in [-0.2, -0.15) is 0 Å². The van der Waals surface area contributed by atoms with Crippen molar-refractivity contribution in [1.29, 1.82) is 0 Å². The molecule has 0 aliphatic carbocycles. The number of hydrogen-bond donors (Lipinski definition) is 0. The first kappa shape index (κ1) is 7.68. The summed E-state index contributed by atoms with van der Waals surface area (Å²) in [5, 5.41) is 0. The van der Waals surface area contributed by atoms with Gasteiger partial charge in [-0.15, -0.1) is 0 Å². The van der Waals surface area contributed by atoms with Crippen LogP contribution in [0.15, 0.2) is 12.8 Å². The zero-order valence-electron chi connectivity index (χ0n) is 4.70. The molecule has 0 radical (unpaired) electrons. The molecule has 0 N–H and O–H groups in total. The summed E-state index contributed by atoms with van der Waals surface area (Å²) in [4.78, 5) is 19.7. The van der Waals surface area contributed by atoms with E-state index in [2.05, 4.69) is 16.1 Å². The zero-order valence-corrected chi connectivity index (χ0v) is 4.70. The Morgan fingerprint density at radius 3 is 2.78 bits per heavy atom. The summed E-state index contributed by atoms with van der Waals surface area (Å²) in [6, 6.07) is 0. The van der Waals surface area contributed by atoms with E-state index < -0.39 is 5.97 Å². The van der Waals surface area contributed by atoms with E-state index in [-0.39, 0.29) is 13.1 Å². The highest BCUT2D eigenvalue weighted by molar-refractivity contribution is 5.72. The maximum absolute atomic E-state index is 10.2. The van der Waals surface area contributed by atoms with Crippen molar-refractivity contribution in [2.24, 2.45) is 0 Å². The first-order chi connectivity index (χ1) is 4.31. The zero-order chi connectivity index (χ0) is 7.11. The average molecular weight is 130 g/mol. The molecular weight excluding hydrogens is 124 g/mol. The molecule has 0 saturated carbocycles. The standard InChI is InChI=1S/C5H6O4/c1-2-9-5(7)3-8-4-6/h2,4H,1,3H2. The van der Waals surface area contributed by atoms with Gasteiger partial charge in [-0.1, -0.05) is 6.58 Å². The predicted octanol–water partition coefficient (Wildman–Crippen LogP) is -0.154. The van der Waals surface area contributed by atoms with Gasteiger partial charge in [-0.05, 0) is 0 Å². The molecule has 0 aromatic carbocycles. The Morgan fingerprint density at radius 1 is 1.67 bits per heavy atom. The fourth-order valence-corrected chi connectivity index (χ4v) is 0.229. The molecule has 0 bridgehead atoms. The third-order valence-corrected chi connectivity index (χ3v) is 0.484. The van der Waals surface area contributed by atoms with Crippen LogP contribution >= 0.6 is 0 Å². The van der Waals surface area contributed by atoms with E-state index in [1.807, 2.05) is 0 Å². The smallest absolute Gasteiger partial charge is 0.349 e. The molecule has 0 saturated heterocycles. The van der Waals surface area contributed by atoms with Crippen molar-refractivity contribution in [1.82, 2.24) is 0 Å². The van der Waals surface area contributed by atoms with Crippen LogP contribution in [0, 0.1) is 0 Å². The van der Waals surface area contributed by atoms with Crippen molar-refractivity contribution in [2.45, 2.75) is 0 Å². The van der Waals surface area contributed by atoms with Gasteiger partial charge in [0.25, 0.3) is 6.47 Å². The molecule has 50 valence electrons. The first-order valence-electron chi connectivity index (χ1n) is 2.17. The van der Waals surface area contributed by atoms with Gasteiger partial charge in [0.15, 0.2) is 6.61 Å². The summed E-state index contributed by atoms with van der Waals surface area (Å²) < 4.78 is 8.23. The van der Waals surface area contributed by atoms with Crippen LogP contribution in [0.25, 0.3) is 0 Å². The van der Waals surface area contributed by atoms with Crippen molar-refractivity contribution in [2.75, 3.05) is 6.61 Å². The van der Waals surface area contributed by atoms with Gasteiger partial charge in [0.05, 0.1) is 6.26 Å². The highest BCUT2D eigenvalue weighted by Gasteiger charge is 1.97. The number of rotatable bonds is 4. The van der Waals surface area contributed by atoms with Gasteiger partial charge in [0.1, 0.15) is 0 Å². The van der Waals surface area contributed by atoms with E-state index in [4.69, 9.17) is 0 Å². The molecule has 0 aliphatic heterocycles. The van der Waals surface area contributed by atoms with E-state index in [1.165, 1.54) is 0 Å². The monoisotopic (exact) mass is 130 g/mol. The molecule has 0 heterocycles. The Bertz CT molecular complexity index is 118.